The summed E-state index contributed by atoms with van der Waals surface area (Å²) in [6.07, 6.45) is 1.73. The largest absolute Gasteiger partial charge is 0.375 e. The van der Waals surface area contributed by atoms with Crippen LogP contribution in [0.4, 0.5) is 5.82 Å². The van der Waals surface area contributed by atoms with E-state index in [4.69, 9.17) is 4.74 Å². The van der Waals surface area contributed by atoms with Crippen molar-refractivity contribution in [3.05, 3.63) is 23.9 Å². The van der Waals surface area contributed by atoms with E-state index < -0.39 is 0 Å². The lowest BCUT2D eigenvalue weighted by Crippen LogP contribution is -2.27. The summed E-state index contributed by atoms with van der Waals surface area (Å²) >= 11 is 0. The molecule has 1 aromatic rings. The van der Waals surface area contributed by atoms with Crippen LogP contribution >= 0.6 is 0 Å². The first-order chi connectivity index (χ1) is 7.65. The molecule has 1 N–H and O–H groups in total. The SMILES string of the molecule is COCC(=O)NCc1cccnc1N(C)C. The Kier molecular flexibility index (Phi) is 4.72. The van der Waals surface area contributed by atoms with Gasteiger partial charge in [0.15, 0.2) is 0 Å². The van der Waals surface area contributed by atoms with Gasteiger partial charge in [-0.2, -0.15) is 0 Å². The summed E-state index contributed by atoms with van der Waals surface area (Å²) in [4.78, 5) is 17.4. The molecule has 0 fully saturated rings. The summed E-state index contributed by atoms with van der Waals surface area (Å²) < 4.78 is 4.73. The van der Waals surface area contributed by atoms with E-state index in [1.54, 1.807) is 6.20 Å². The van der Waals surface area contributed by atoms with Gasteiger partial charge in [0.25, 0.3) is 0 Å². The van der Waals surface area contributed by atoms with Gasteiger partial charge >= 0.3 is 0 Å². The van der Waals surface area contributed by atoms with Crippen LogP contribution in [-0.2, 0) is 16.1 Å². The number of hydrogen-bond acceptors (Lipinski definition) is 4. The summed E-state index contributed by atoms with van der Waals surface area (Å²) in [5.74, 6) is 0.733. The molecule has 5 nitrogen and oxygen atoms in total. The molecule has 0 saturated carbocycles. The van der Waals surface area contributed by atoms with Gasteiger partial charge in [0.2, 0.25) is 5.91 Å². The lowest BCUT2D eigenvalue weighted by Gasteiger charge is -2.15. The van der Waals surface area contributed by atoms with Crippen LogP contribution in [0.2, 0.25) is 0 Å². The normalized spacial score (nSPS) is 9.94. The van der Waals surface area contributed by atoms with Gasteiger partial charge in [-0.1, -0.05) is 6.07 Å². The van der Waals surface area contributed by atoms with Crippen LogP contribution < -0.4 is 10.2 Å². The maximum atomic E-state index is 11.2. The molecule has 0 radical (unpaired) electrons. The molecular formula is C11H17N3O2. The van der Waals surface area contributed by atoms with Crippen LogP contribution in [0.3, 0.4) is 0 Å². The highest BCUT2D eigenvalue weighted by atomic mass is 16.5. The van der Waals surface area contributed by atoms with Crippen LogP contribution in [0.1, 0.15) is 5.56 Å². The highest BCUT2D eigenvalue weighted by Crippen LogP contribution is 2.13. The van der Waals surface area contributed by atoms with E-state index >= 15 is 0 Å². The van der Waals surface area contributed by atoms with Gasteiger partial charge in [0.1, 0.15) is 12.4 Å². The van der Waals surface area contributed by atoms with Crippen molar-refractivity contribution in [2.75, 3.05) is 32.7 Å². The summed E-state index contributed by atoms with van der Waals surface area (Å²) in [5.41, 5.74) is 0.983. The second-order valence-corrected chi connectivity index (χ2v) is 3.59. The van der Waals surface area contributed by atoms with Crippen molar-refractivity contribution in [2.45, 2.75) is 6.54 Å². The van der Waals surface area contributed by atoms with Gasteiger partial charge in [-0.15, -0.1) is 0 Å². The number of carbonyl (C=O) groups is 1. The molecule has 0 aliphatic carbocycles. The van der Waals surface area contributed by atoms with Crippen molar-refractivity contribution < 1.29 is 9.53 Å². The molecule has 0 unspecified atom stereocenters. The van der Waals surface area contributed by atoms with Gasteiger partial charge in [-0.25, -0.2) is 4.98 Å². The predicted octanol–water partition coefficient (Wildman–Crippen LogP) is 0.410. The van der Waals surface area contributed by atoms with Gasteiger partial charge in [-0.3, -0.25) is 4.79 Å². The van der Waals surface area contributed by atoms with Crippen molar-refractivity contribution in [1.82, 2.24) is 10.3 Å². The third kappa shape index (κ3) is 3.51. The first-order valence-corrected chi connectivity index (χ1v) is 5.02. The number of ether oxygens (including phenoxy) is 1. The molecule has 1 rings (SSSR count). The number of pyridine rings is 1. The lowest BCUT2D eigenvalue weighted by atomic mass is 10.2. The van der Waals surface area contributed by atoms with Gasteiger partial charge < -0.3 is 15.0 Å². The first kappa shape index (κ1) is 12.4. The topological polar surface area (TPSA) is 54.5 Å². The van der Waals surface area contributed by atoms with Crippen molar-refractivity contribution in [1.29, 1.82) is 0 Å². The molecule has 88 valence electrons. The Hall–Kier alpha value is -1.62. The number of rotatable bonds is 5. The van der Waals surface area contributed by atoms with E-state index in [0.717, 1.165) is 11.4 Å². The molecule has 0 bridgehead atoms. The van der Waals surface area contributed by atoms with Gasteiger partial charge in [-0.05, 0) is 6.07 Å². The third-order valence-electron chi connectivity index (χ3n) is 2.04. The number of anilines is 1. The monoisotopic (exact) mass is 223 g/mol. The summed E-state index contributed by atoms with van der Waals surface area (Å²) in [6.45, 7) is 0.543. The Morgan fingerprint density at radius 1 is 1.56 bits per heavy atom. The van der Waals surface area contributed by atoms with Crippen LogP contribution in [0.25, 0.3) is 0 Å². The molecule has 0 aliphatic rings. The molecular weight excluding hydrogens is 206 g/mol. The maximum absolute atomic E-state index is 11.2. The smallest absolute Gasteiger partial charge is 0.246 e. The summed E-state index contributed by atoms with van der Waals surface area (Å²) in [6, 6.07) is 3.79. The molecule has 0 spiro atoms. The Morgan fingerprint density at radius 3 is 2.94 bits per heavy atom. The van der Waals surface area contributed by atoms with E-state index in [1.165, 1.54) is 7.11 Å². The second kappa shape index (κ2) is 6.07. The lowest BCUT2D eigenvalue weighted by molar-refractivity contribution is -0.124. The Morgan fingerprint density at radius 2 is 2.31 bits per heavy atom. The molecule has 1 amide bonds. The molecule has 16 heavy (non-hydrogen) atoms. The Balaban J connectivity index is 2.63. The zero-order valence-corrected chi connectivity index (χ0v) is 9.86. The van der Waals surface area contributed by atoms with Crippen molar-refractivity contribution >= 4 is 11.7 Å². The summed E-state index contributed by atoms with van der Waals surface area (Å²) in [7, 11) is 5.33. The maximum Gasteiger partial charge on any atom is 0.246 e. The van der Waals surface area contributed by atoms with Crippen molar-refractivity contribution in [3.8, 4) is 0 Å². The predicted molar refractivity (Wildman–Crippen MR) is 62.3 cm³/mol. The van der Waals surface area contributed by atoms with E-state index in [-0.39, 0.29) is 12.5 Å². The number of hydrogen-bond donors (Lipinski definition) is 1. The minimum atomic E-state index is -0.129. The van der Waals surface area contributed by atoms with Crippen molar-refractivity contribution in [2.24, 2.45) is 0 Å². The van der Waals surface area contributed by atoms with Crippen LogP contribution in [-0.4, -0.2) is 38.7 Å². The molecule has 5 heteroatoms. The molecule has 0 atom stereocenters. The number of carbonyl (C=O) groups excluding carboxylic acids is 1. The van der Waals surface area contributed by atoms with E-state index in [0.29, 0.717) is 6.54 Å². The molecule has 0 saturated heterocycles. The third-order valence-corrected chi connectivity index (χ3v) is 2.04. The number of amides is 1. The molecule has 0 aromatic carbocycles. The average Bonchev–Trinajstić information content (AvgIpc) is 2.27. The van der Waals surface area contributed by atoms with E-state index in [2.05, 4.69) is 10.3 Å². The zero-order valence-electron chi connectivity index (χ0n) is 9.86. The van der Waals surface area contributed by atoms with Crippen LogP contribution in [0.15, 0.2) is 18.3 Å². The number of nitrogens with one attached hydrogen (secondary N) is 1. The highest BCUT2D eigenvalue weighted by Gasteiger charge is 2.06. The highest BCUT2D eigenvalue weighted by molar-refractivity contribution is 5.77. The zero-order chi connectivity index (χ0) is 12.0. The Labute approximate surface area is 95.4 Å². The molecule has 1 heterocycles. The minimum Gasteiger partial charge on any atom is -0.375 e. The van der Waals surface area contributed by atoms with Crippen LogP contribution in [0, 0.1) is 0 Å². The fraction of sp³-hybridized carbons (Fsp3) is 0.455. The molecule has 0 aliphatic heterocycles. The van der Waals surface area contributed by atoms with E-state index in [1.807, 2.05) is 31.1 Å². The number of aromatic nitrogens is 1. The van der Waals surface area contributed by atoms with Crippen molar-refractivity contribution in [3.63, 3.8) is 0 Å². The molecule has 1 aromatic heterocycles. The fourth-order valence-corrected chi connectivity index (χ4v) is 1.35. The quantitative estimate of drug-likeness (QED) is 0.785. The average molecular weight is 223 g/mol. The van der Waals surface area contributed by atoms with Gasteiger partial charge in [0.05, 0.1) is 0 Å². The first-order valence-electron chi connectivity index (χ1n) is 5.02. The van der Waals surface area contributed by atoms with Crippen LogP contribution in [0.5, 0.6) is 0 Å². The fourth-order valence-electron chi connectivity index (χ4n) is 1.35. The minimum absolute atomic E-state index is 0.0809. The standard InChI is InChI=1S/C11H17N3O2/c1-14(2)11-9(5-4-6-12-11)7-13-10(15)8-16-3/h4-6H,7-8H2,1-3H3,(H,13,15). The van der Waals surface area contributed by atoms with Gasteiger partial charge in [0, 0.05) is 39.5 Å². The Bertz CT molecular complexity index is 353. The second-order valence-electron chi connectivity index (χ2n) is 3.59. The van der Waals surface area contributed by atoms with E-state index in [9.17, 15) is 4.79 Å². The number of nitrogens with zero attached hydrogens (tertiary/aromatic N) is 2. The number of methoxy groups -OCH3 is 1. The summed E-state index contributed by atoms with van der Waals surface area (Å²) in [5, 5.41) is 2.76.